The van der Waals surface area contributed by atoms with Crippen molar-refractivity contribution in [1.29, 1.82) is 0 Å². The number of aromatic amines is 1. The average Bonchev–Trinajstić information content (AvgIpc) is 3.19. The van der Waals surface area contributed by atoms with Crippen molar-refractivity contribution in [3.05, 3.63) is 70.9 Å². The third-order valence-corrected chi connectivity index (χ3v) is 5.57. The van der Waals surface area contributed by atoms with E-state index in [4.69, 9.17) is 16.3 Å². The minimum absolute atomic E-state index is 0.0681. The van der Waals surface area contributed by atoms with Crippen molar-refractivity contribution in [2.24, 2.45) is 0 Å². The Hall–Kier alpha value is -3.04. The molecule has 2 aromatic carbocycles. The first-order valence-corrected chi connectivity index (χ1v) is 11.0. The van der Waals surface area contributed by atoms with Crippen LogP contribution in [-0.4, -0.2) is 30.6 Å². The Labute approximate surface area is 179 Å². The van der Waals surface area contributed by atoms with Gasteiger partial charge in [-0.3, -0.25) is 14.6 Å². The molecule has 0 fully saturated rings. The quantitative estimate of drug-likeness (QED) is 0.487. The number of hydrogen-bond donors (Lipinski definition) is 3. The predicted octanol–water partition coefficient (Wildman–Crippen LogP) is 3.58. The molecule has 1 aromatic heterocycles. The molecule has 0 unspecified atom stereocenters. The zero-order chi connectivity index (χ0) is 21.7. The summed E-state index contributed by atoms with van der Waals surface area (Å²) >= 11 is 5.81. The molecule has 0 saturated heterocycles. The minimum atomic E-state index is -4.05. The molecule has 8 nitrogen and oxygen atoms in total. The van der Waals surface area contributed by atoms with Crippen LogP contribution in [0.3, 0.4) is 0 Å². The lowest BCUT2D eigenvalue weighted by molar-refractivity contribution is 0.0947. The zero-order valence-electron chi connectivity index (χ0n) is 16.3. The van der Waals surface area contributed by atoms with Crippen molar-refractivity contribution >= 4 is 33.2 Å². The molecule has 0 atom stereocenters. The fourth-order valence-electron chi connectivity index (χ4n) is 2.60. The van der Waals surface area contributed by atoms with Gasteiger partial charge in [0.1, 0.15) is 5.75 Å². The number of carbonyl (C=O) groups excluding carboxylic acids is 1. The van der Waals surface area contributed by atoms with E-state index in [0.717, 1.165) is 11.3 Å². The number of amides is 1. The lowest BCUT2D eigenvalue weighted by atomic mass is 10.2. The number of nitrogens with one attached hydrogen (secondary N) is 3. The average molecular weight is 449 g/mol. The molecule has 0 bridgehead atoms. The van der Waals surface area contributed by atoms with Crippen molar-refractivity contribution in [1.82, 2.24) is 15.5 Å². The smallest absolute Gasteiger partial charge is 0.279 e. The number of aromatic nitrogens is 2. The van der Waals surface area contributed by atoms with Gasteiger partial charge >= 0.3 is 0 Å². The van der Waals surface area contributed by atoms with Gasteiger partial charge in [0.15, 0.2) is 5.03 Å². The molecule has 3 rings (SSSR count). The van der Waals surface area contributed by atoms with E-state index in [2.05, 4.69) is 20.2 Å². The molecule has 0 aliphatic rings. The normalized spacial score (nSPS) is 11.3. The van der Waals surface area contributed by atoms with Crippen LogP contribution in [0.4, 0.5) is 5.69 Å². The van der Waals surface area contributed by atoms with Crippen LogP contribution in [0, 0.1) is 0 Å². The Morgan fingerprint density at radius 3 is 2.43 bits per heavy atom. The molecule has 0 saturated carbocycles. The highest BCUT2D eigenvalue weighted by molar-refractivity contribution is 7.92. The molecule has 0 radical (unpaired) electrons. The van der Waals surface area contributed by atoms with Crippen molar-refractivity contribution in [2.45, 2.75) is 31.5 Å². The SMILES string of the molecule is CC(C)Oc1ccc(CNC(=O)c2cn[nH]c2S(=O)(=O)Nc2ccc(Cl)cc2)cc1. The maximum atomic E-state index is 12.7. The second-order valence-electron chi connectivity index (χ2n) is 6.72. The number of carbonyl (C=O) groups is 1. The first-order valence-electron chi connectivity index (χ1n) is 9.10. The van der Waals surface area contributed by atoms with Crippen molar-refractivity contribution in [2.75, 3.05) is 4.72 Å². The molecule has 158 valence electrons. The molecular formula is C20H21ClN4O4S. The summed E-state index contributed by atoms with van der Waals surface area (Å²) in [6.07, 6.45) is 1.24. The Kier molecular flexibility index (Phi) is 6.63. The van der Waals surface area contributed by atoms with E-state index in [-0.39, 0.29) is 23.2 Å². The number of anilines is 1. The van der Waals surface area contributed by atoms with Crippen LogP contribution in [0.5, 0.6) is 5.75 Å². The van der Waals surface area contributed by atoms with Gasteiger partial charge in [0.05, 0.1) is 17.9 Å². The Bertz CT molecular complexity index is 1110. The number of rotatable bonds is 8. The molecule has 0 aliphatic heterocycles. The zero-order valence-corrected chi connectivity index (χ0v) is 17.9. The molecule has 30 heavy (non-hydrogen) atoms. The van der Waals surface area contributed by atoms with Gasteiger partial charge in [-0.1, -0.05) is 23.7 Å². The number of benzene rings is 2. The Morgan fingerprint density at radius 2 is 1.80 bits per heavy atom. The van der Waals surface area contributed by atoms with Crippen LogP contribution in [0.25, 0.3) is 0 Å². The summed E-state index contributed by atoms with van der Waals surface area (Å²) in [6, 6.07) is 13.4. The number of sulfonamides is 1. The van der Waals surface area contributed by atoms with Crippen LogP contribution < -0.4 is 14.8 Å². The van der Waals surface area contributed by atoms with E-state index in [9.17, 15) is 13.2 Å². The van der Waals surface area contributed by atoms with Gasteiger partial charge in [-0.2, -0.15) is 13.5 Å². The third kappa shape index (κ3) is 5.52. The van der Waals surface area contributed by atoms with Crippen LogP contribution in [0.15, 0.2) is 59.8 Å². The van der Waals surface area contributed by atoms with Crippen molar-refractivity contribution < 1.29 is 17.9 Å². The van der Waals surface area contributed by atoms with Crippen molar-refractivity contribution in [3.63, 3.8) is 0 Å². The summed E-state index contributed by atoms with van der Waals surface area (Å²) in [5, 5.41) is 8.94. The van der Waals surface area contributed by atoms with Gasteiger partial charge in [-0.15, -0.1) is 0 Å². The van der Waals surface area contributed by atoms with E-state index in [1.54, 1.807) is 12.1 Å². The number of halogens is 1. The second-order valence-corrected chi connectivity index (χ2v) is 8.77. The van der Waals surface area contributed by atoms with E-state index in [1.165, 1.54) is 18.3 Å². The molecule has 3 aromatic rings. The number of H-pyrrole nitrogens is 1. The van der Waals surface area contributed by atoms with Crippen LogP contribution >= 0.6 is 11.6 Å². The second kappa shape index (κ2) is 9.19. The molecule has 10 heteroatoms. The van der Waals surface area contributed by atoms with E-state index in [1.807, 2.05) is 38.1 Å². The highest BCUT2D eigenvalue weighted by Gasteiger charge is 2.25. The fourth-order valence-corrected chi connectivity index (χ4v) is 3.88. The maximum absolute atomic E-state index is 12.7. The first-order chi connectivity index (χ1) is 14.2. The highest BCUT2D eigenvalue weighted by atomic mass is 35.5. The lowest BCUT2D eigenvalue weighted by Crippen LogP contribution is -2.25. The summed E-state index contributed by atoms with van der Waals surface area (Å²) in [4.78, 5) is 12.6. The number of hydrogen-bond acceptors (Lipinski definition) is 5. The first kappa shape index (κ1) is 21.7. The summed E-state index contributed by atoms with van der Waals surface area (Å²) in [5.41, 5.74) is 1.06. The van der Waals surface area contributed by atoms with Gasteiger partial charge in [-0.05, 0) is 55.8 Å². The Balaban J connectivity index is 1.68. The molecule has 3 N–H and O–H groups in total. The molecule has 1 amide bonds. The summed E-state index contributed by atoms with van der Waals surface area (Å²) in [7, 11) is -4.05. The lowest BCUT2D eigenvalue weighted by Gasteiger charge is -2.11. The summed E-state index contributed by atoms with van der Waals surface area (Å²) < 4.78 is 33.3. The largest absolute Gasteiger partial charge is 0.491 e. The monoisotopic (exact) mass is 448 g/mol. The predicted molar refractivity (Wildman–Crippen MR) is 114 cm³/mol. The van der Waals surface area contributed by atoms with Gasteiger partial charge in [0.25, 0.3) is 15.9 Å². The maximum Gasteiger partial charge on any atom is 0.279 e. The third-order valence-electron chi connectivity index (χ3n) is 3.96. The molecule has 0 spiro atoms. The number of ether oxygens (including phenoxy) is 1. The minimum Gasteiger partial charge on any atom is -0.491 e. The molecule has 1 heterocycles. The van der Waals surface area contributed by atoms with Crippen LogP contribution in [-0.2, 0) is 16.6 Å². The van der Waals surface area contributed by atoms with Crippen LogP contribution in [0.2, 0.25) is 5.02 Å². The van der Waals surface area contributed by atoms with E-state index >= 15 is 0 Å². The van der Waals surface area contributed by atoms with E-state index < -0.39 is 15.9 Å². The number of nitrogens with zero attached hydrogens (tertiary/aromatic N) is 1. The van der Waals surface area contributed by atoms with Gasteiger partial charge in [-0.25, -0.2) is 0 Å². The van der Waals surface area contributed by atoms with Crippen LogP contribution in [0.1, 0.15) is 29.8 Å². The van der Waals surface area contributed by atoms with Gasteiger partial charge in [0.2, 0.25) is 0 Å². The topological polar surface area (TPSA) is 113 Å². The Morgan fingerprint density at radius 1 is 1.13 bits per heavy atom. The van der Waals surface area contributed by atoms with Gasteiger partial charge < -0.3 is 10.1 Å². The van der Waals surface area contributed by atoms with Gasteiger partial charge in [0, 0.05) is 17.3 Å². The summed E-state index contributed by atoms with van der Waals surface area (Å²) in [5.74, 6) is 0.166. The highest BCUT2D eigenvalue weighted by Crippen LogP contribution is 2.20. The molecule has 0 aliphatic carbocycles. The fraction of sp³-hybridized carbons (Fsp3) is 0.200. The standard InChI is InChI=1S/C20H21ClN4O4S/c1-13(2)29-17-9-3-14(4-10-17)11-22-19(26)18-12-23-24-20(18)30(27,28)25-16-7-5-15(21)6-8-16/h3-10,12-13,25H,11H2,1-2H3,(H,22,26)(H,23,24). The molecular weight excluding hydrogens is 428 g/mol. The van der Waals surface area contributed by atoms with Crippen molar-refractivity contribution in [3.8, 4) is 5.75 Å². The summed E-state index contributed by atoms with van der Waals surface area (Å²) in [6.45, 7) is 4.09. The van der Waals surface area contributed by atoms with E-state index in [0.29, 0.717) is 10.7 Å².